The highest BCUT2D eigenvalue weighted by molar-refractivity contribution is 5.95. The van der Waals surface area contributed by atoms with Crippen molar-refractivity contribution in [2.24, 2.45) is 0 Å². The van der Waals surface area contributed by atoms with Gasteiger partial charge in [-0.1, -0.05) is 30.3 Å². The third kappa shape index (κ3) is 3.73. The quantitative estimate of drug-likeness (QED) is 0.470. The fraction of sp³-hybridized carbons (Fsp3) is 0.167. The van der Waals surface area contributed by atoms with Crippen molar-refractivity contribution in [2.75, 3.05) is 18.5 Å². The molecule has 1 unspecified atom stereocenters. The molecule has 1 atom stereocenters. The number of anilines is 1. The molecular weight excluding hydrogens is 322 g/mol. The minimum absolute atomic E-state index is 0.0347. The topological polar surface area (TPSA) is 109 Å². The Bertz CT molecular complexity index is 899. The van der Waals surface area contributed by atoms with E-state index in [1.807, 2.05) is 30.3 Å². The molecule has 0 amide bonds. The number of fused-ring (bicyclic) bond motifs is 1. The Morgan fingerprint density at radius 1 is 1.16 bits per heavy atom. The van der Waals surface area contributed by atoms with Crippen LogP contribution in [-0.2, 0) is 0 Å². The summed E-state index contributed by atoms with van der Waals surface area (Å²) in [6, 6.07) is 15.8. The maximum atomic E-state index is 11.0. The van der Waals surface area contributed by atoms with Crippen LogP contribution in [0.1, 0.15) is 0 Å². The van der Waals surface area contributed by atoms with E-state index >= 15 is 0 Å². The van der Waals surface area contributed by atoms with Crippen molar-refractivity contribution in [3.63, 3.8) is 0 Å². The van der Waals surface area contributed by atoms with Crippen LogP contribution < -0.4 is 5.32 Å². The molecule has 0 aliphatic carbocycles. The van der Waals surface area contributed by atoms with Crippen molar-refractivity contribution in [2.45, 2.75) is 6.10 Å². The summed E-state index contributed by atoms with van der Waals surface area (Å²) in [4.78, 5) is 15.2. The van der Waals surface area contributed by atoms with E-state index in [0.29, 0.717) is 22.3 Å². The van der Waals surface area contributed by atoms with Gasteiger partial charge in [0.15, 0.2) is 0 Å². The molecule has 7 nitrogen and oxygen atoms in total. The molecular formula is C18H17N3O4. The molecule has 3 rings (SSSR count). The van der Waals surface area contributed by atoms with Crippen molar-refractivity contribution in [3.8, 4) is 11.3 Å². The summed E-state index contributed by atoms with van der Waals surface area (Å²) in [6.45, 7) is -0.256. The van der Waals surface area contributed by atoms with Crippen LogP contribution in [-0.4, -0.2) is 39.4 Å². The van der Waals surface area contributed by atoms with Crippen LogP contribution in [0.5, 0.6) is 0 Å². The highest BCUT2D eigenvalue weighted by Gasteiger charge is 2.13. The maximum absolute atomic E-state index is 11.0. The van der Waals surface area contributed by atoms with Crippen molar-refractivity contribution < 1.29 is 15.1 Å². The van der Waals surface area contributed by atoms with Gasteiger partial charge in [-0.2, -0.15) is 0 Å². The fourth-order valence-corrected chi connectivity index (χ4v) is 2.52. The lowest BCUT2D eigenvalue weighted by Crippen LogP contribution is -2.23. The van der Waals surface area contributed by atoms with Gasteiger partial charge in [0.25, 0.3) is 5.69 Å². The molecule has 0 radical (unpaired) electrons. The smallest absolute Gasteiger partial charge is 0.270 e. The molecule has 7 heteroatoms. The molecule has 128 valence electrons. The SMILES string of the molecule is O=[N+]([O-])c1ccc2nc(-c3ccccc3)cc(NCC(O)CO)c2c1. The first-order chi connectivity index (χ1) is 12.1. The molecule has 25 heavy (non-hydrogen) atoms. The summed E-state index contributed by atoms with van der Waals surface area (Å²) in [5, 5.41) is 33.2. The minimum atomic E-state index is -0.929. The summed E-state index contributed by atoms with van der Waals surface area (Å²) in [5.41, 5.74) is 2.80. The lowest BCUT2D eigenvalue weighted by atomic mass is 10.1. The number of rotatable bonds is 6. The highest BCUT2D eigenvalue weighted by atomic mass is 16.6. The maximum Gasteiger partial charge on any atom is 0.270 e. The van der Waals surface area contributed by atoms with Gasteiger partial charge in [0.2, 0.25) is 0 Å². The lowest BCUT2D eigenvalue weighted by Gasteiger charge is -2.14. The number of nitro benzene ring substituents is 1. The molecule has 1 heterocycles. The zero-order chi connectivity index (χ0) is 17.8. The molecule has 0 saturated carbocycles. The van der Waals surface area contributed by atoms with E-state index < -0.39 is 11.0 Å². The van der Waals surface area contributed by atoms with Gasteiger partial charge in [-0.3, -0.25) is 10.1 Å². The Balaban J connectivity index is 2.12. The molecule has 0 fully saturated rings. The molecule has 0 saturated heterocycles. The second-order valence-corrected chi connectivity index (χ2v) is 5.60. The van der Waals surface area contributed by atoms with Crippen molar-refractivity contribution in [1.82, 2.24) is 4.98 Å². The zero-order valence-corrected chi connectivity index (χ0v) is 13.3. The number of nitro groups is 1. The van der Waals surface area contributed by atoms with Gasteiger partial charge in [0.1, 0.15) is 0 Å². The first-order valence-electron chi connectivity index (χ1n) is 7.76. The summed E-state index contributed by atoms with van der Waals surface area (Å²) < 4.78 is 0. The fourth-order valence-electron chi connectivity index (χ4n) is 2.52. The summed E-state index contributed by atoms with van der Waals surface area (Å²) in [7, 11) is 0. The summed E-state index contributed by atoms with van der Waals surface area (Å²) >= 11 is 0. The third-order valence-electron chi connectivity index (χ3n) is 3.81. The number of pyridine rings is 1. The van der Waals surface area contributed by atoms with Crippen LogP contribution >= 0.6 is 0 Å². The third-order valence-corrected chi connectivity index (χ3v) is 3.81. The van der Waals surface area contributed by atoms with Crippen molar-refractivity contribution in [3.05, 3.63) is 64.7 Å². The molecule has 3 aromatic rings. The first-order valence-corrected chi connectivity index (χ1v) is 7.76. The molecule has 3 N–H and O–H groups in total. The monoisotopic (exact) mass is 339 g/mol. The zero-order valence-electron chi connectivity index (χ0n) is 13.3. The highest BCUT2D eigenvalue weighted by Crippen LogP contribution is 2.30. The number of aliphatic hydroxyl groups is 2. The van der Waals surface area contributed by atoms with Gasteiger partial charge in [0, 0.05) is 35.3 Å². The van der Waals surface area contributed by atoms with Crippen LogP contribution in [0.2, 0.25) is 0 Å². The number of nitrogens with one attached hydrogen (secondary N) is 1. The molecule has 0 bridgehead atoms. The average Bonchev–Trinajstić information content (AvgIpc) is 2.65. The lowest BCUT2D eigenvalue weighted by molar-refractivity contribution is -0.384. The average molecular weight is 339 g/mol. The first kappa shape index (κ1) is 16.8. The molecule has 2 aromatic carbocycles. The molecule has 0 spiro atoms. The van der Waals surface area contributed by atoms with Gasteiger partial charge in [0.05, 0.1) is 28.8 Å². The van der Waals surface area contributed by atoms with E-state index in [-0.39, 0.29) is 18.8 Å². The number of nitrogens with zero attached hydrogens (tertiary/aromatic N) is 2. The summed E-state index contributed by atoms with van der Waals surface area (Å²) in [5.74, 6) is 0. The van der Waals surface area contributed by atoms with E-state index in [1.54, 1.807) is 12.1 Å². The number of non-ortho nitro benzene ring substituents is 1. The van der Waals surface area contributed by atoms with Gasteiger partial charge in [-0.05, 0) is 12.1 Å². The molecule has 1 aromatic heterocycles. The van der Waals surface area contributed by atoms with Gasteiger partial charge >= 0.3 is 0 Å². The standard InChI is InChI=1S/C18H17N3O4/c22-11-14(23)10-19-18-9-17(12-4-2-1-3-5-12)20-16-7-6-13(21(24)25)8-15(16)18/h1-9,14,22-23H,10-11H2,(H,19,20). The number of benzene rings is 2. The van der Waals surface area contributed by atoms with E-state index in [2.05, 4.69) is 10.3 Å². The predicted octanol–water partition coefficient (Wildman–Crippen LogP) is 2.58. The van der Waals surface area contributed by atoms with E-state index in [9.17, 15) is 15.2 Å². The molecule has 0 aliphatic rings. The minimum Gasteiger partial charge on any atom is -0.394 e. The van der Waals surface area contributed by atoms with Crippen molar-refractivity contribution >= 4 is 22.3 Å². The predicted molar refractivity (Wildman–Crippen MR) is 95.4 cm³/mol. The normalized spacial score (nSPS) is 12.1. The Morgan fingerprint density at radius 2 is 1.92 bits per heavy atom. The second-order valence-electron chi connectivity index (χ2n) is 5.60. The summed E-state index contributed by atoms with van der Waals surface area (Å²) in [6.07, 6.45) is -0.929. The second kappa shape index (κ2) is 7.25. The Morgan fingerprint density at radius 3 is 2.60 bits per heavy atom. The van der Waals surface area contributed by atoms with Crippen molar-refractivity contribution in [1.29, 1.82) is 0 Å². The van der Waals surface area contributed by atoms with E-state index in [0.717, 1.165) is 5.56 Å². The number of hydrogen-bond acceptors (Lipinski definition) is 6. The van der Waals surface area contributed by atoms with Crippen LogP contribution in [0.25, 0.3) is 22.2 Å². The van der Waals surface area contributed by atoms with Gasteiger partial charge in [-0.15, -0.1) is 0 Å². The van der Waals surface area contributed by atoms with Crippen LogP contribution in [0.4, 0.5) is 11.4 Å². The molecule has 0 aliphatic heterocycles. The van der Waals surface area contributed by atoms with Crippen LogP contribution in [0.3, 0.4) is 0 Å². The Hall–Kier alpha value is -3.03. The van der Waals surface area contributed by atoms with Crippen LogP contribution in [0, 0.1) is 10.1 Å². The largest absolute Gasteiger partial charge is 0.394 e. The number of aromatic nitrogens is 1. The number of aliphatic hydroxyl groups excluding tert-OH is 2. The Kier molecular flexibility index (Phi) is 4.87. The Labute approximate surface area is 143 Å². The number of hydrogen-bond donors (Lipinski definition) is 3. The van der Waals surface area contributed by atoms with E-state index in [1.165, 1.54) is 12.1 Å². The van der Waals surface area contributed by atoms with Gasteiger partial charge in [-0.25, -0.2) is 4.98 Å². The van der Waals surface area contributed by atoms with Crippen LogP contribution in [0.15, 0.2) is 54.6 Å². The van der Waals surface area contributed by atoms with Gasteiger partial charge < -0.3 is 15.5 Å². The van der Waals surface area contributed by atoms with E-state index in [4.69, 9.17) is 5.11 Å².